The number of rotatable bonds is 2. The lowest BCUT2D eigenvalue weighted by Crippen LogP contribution is -2.44. The van der Waals surface area contributed by atoms with Crippen molar-refractivity contribution in [2.75, 3.05) is 0 Å². The Morgan fingerprint density at radius 2 is 2.13 bits per heavy atom. The number of aliphatic hydroxyl groups is 1. The van der Waals surface area contributed by atoms with Gasteiger partial charge in [-0.25, -0.2) is 4.39 Å². The highest BCUT2D eigenvalue weighted by Gasteiger charge is 2.39. The number of hydrogen-bond acceptors (Lipinski definition) is 1. The largest absolute Gasteiger partial charge is 0.390 e. The van der Waals surface area contributed by atoms with E-state index < -0.39 is 5.60 Å². The van der Waals surface area contributed by atoms with Crippen LogP contribution in [-0.4, -0.2) is 10.7 Å². The lowest BCUT2D eigenvalue weighted by atomic mass is 9.69. The summed E-state index contributed by atoms with van der Waals surface area (Å²) in [4.78, 5) is 0. The third kappa shape index (κ3) is 2.58. The highest BCUT2D eigenvalue weighted by Crippen LogP contribution is 2.39. The summed E-state index contributed by atoms with van der Waals surface area (Å²) < 4.78 is 13.8. The molecule has 1 nitrogen and oxygen atoms in total. The van der Waals surface area contributed by atoms with Crippen LogP contribution in [0.1, 0.15) is 25.3 Å². The molecule has 0 unspecified atom stereocenters. The van der Waals surface area contributed by atoms with Crippen LogP contribution in [0.2, 0.25) is 0 Å². The average Bonchev–Trinajstić information content (AvgIpc) is 1.97. The lowest BCUT2D eigenvalue weighted by Gasteiger charge is -2.42. The van der Waals surface area contributed by atoms with Gasteiger partial charge in [-0.15, -0.1) is 0 Å². The fraction of sp³-hybridized carbons (Fsp3) is 0.500. The predicted octanol–water partition coefficient (Wildman–Crippen LogP) is 3.29. The molecule has 0 atom stereocenters. The molecular formula is C12H14BrFO. The van der Waals surface area contributed by atoms with Crippen LogP contribution in [0, 0.1) is 11.7 Å². The highest BCUT2D eigenvalue weighted by molar-refractivity contribution is 9.10. The van der Waals surface area contributed by atoms with Crippen LogP contribution in [-0.2, 0) is 6.42 Å². The maximum absolute atomic E-state index is 13.1. The summed E-state index contributed by atoms with van der Waals surface area (Å²) in [5, 5.41) is 10.1. The van der Waals surface area contributed by atoms with E-state index in [1.165, 1.54) is 12.1 Å². The van der Waals surface area contributed by atoms with Crippen molar-refractivity contribution >= 4 is 15.9 Å². The van der Waals surface area contributed by atoms with Crippen molar-refractivity contribution in [3.05, 3.63) is 34.1 Å². The third-order valence-corrected chi connectivity index (χ3v) is 3.37. The molecule has 1 aliphatic rings. The zero-order valence-electron chi connectivity index (χ0n) is 8.63. The zero-order valence-corrected chi connectivity index (χ0v) is 10.2. The minimum absolute atomic E-state index is 0.254. The molecule has 0 heterocycles. The molecule has 1 N–H and O–H groups in total. The highest BCUT2D eigenvalue weighted by atomic mass is 79.9. The lowest BCUT2D eigenvalue weighted by molar-refractivity contribution is -0.0666. The molecule has 82 valence electrons. The summed E-state index contributed by atoms with van der Waals surface area (Å²) in [6.45, 7) is 2.12. The van der Waals surface area contributed by atoms with E-state index in [9.17, 15) is 9.50 Å². The first kappa shape index (κ1) is 11.1. The quantitative estimate of drug-likeness (QED) is 0.876. The standard InChI is InChI=1S/C12H14BrFO/c1-8-5-12(15,6-8)7-9-2-10(13)4-11(14)3-9/h2-4,8,15H,5-7H2,1H3. The molecule has 0 spiro atoms. The molecular weight excluding hydrogens is 259 g/mol. The average molecular weight is 273 g/mol. The van der Waals surface area contributed by atoms with Crippen LogP contribution in [0.4, 0.5) is 4.39 Å². The Hall–Kier alpha value is -0.410. The molecule has 3 heteroatoms. The number of benzene rings is 1. The Balaban J connectivity index is 2.11. The monoisotopic (exact) mass is 272 g/mol. The first-order chi connectivity index (χ1) is 6.97. The second-order valence-corrected chi connectivity index (χ2v) is 5.61. The number of halogens is 2. The first-order valence-corrected chi connectivity index (χ1v) is 5.93. The topological polar surface area (TPSA) is 20.2 Å². The van der Waals surface area contributed by atoms with E-state index in [0.717, 1.165) is 22.9 Å². The Bertz CT molecular complexity index is 352. The van der Waals surface area contributed by atoms with Gasteiger partial charge in [-0.05, 0) is 42.5 Å². The Morgan fingerprint density at radius 3 is 2.67 bits per heavy atom. The Kier molecular flexibility index (Phi) is 2.86. The predicted molar refractivity (Wildman–Crippen MR) is 61.2 cm³/mol. The zero-order chi connectivity index (χ0) is 11.1. The second kappa shape index (κ2) is 3.87. The van der Waals surface area contributed by atoms with Gasteiger partial charge >= 0.3 is 0 Å². The molecule has 1 saturated carbocycles. The summed E-state index contributed by atoms with van der Waals surface area (Å²) in [5.74, 6) is 0.336. The van der Waals surface area contributed by atoms with E-state index in [1.807, 2.05) is 6.07 Å². The van der Waals surface area contributed by atoms with Crippen molar-refractivity contribution < 1.29 is 9.50 Å². The van der Waals surface area contributed by atoms with Crippen molar-refractivity contribution in [1.82, 2.24) is 0 Å². The molecule has 2 rings (SSSR count). The smallest absolute Gasteiger partial charge is 0.124 e. The van der Waals surface area contributed by atoms with Gasteiger partial charge in [-0.1, -0.05) is 22.9 Å². The van der Waals surface area contributed by atoms with Crippen molar-refractivity contribution in [3.63, 3.8) is 0 Å². The molecule has 1 fully saturated rings. The molecule has 1 aromatic carbocycles. The van der Waals surface area contributed by atoms with Crippen molar-refractivity contribution in [2.24, 2.45) is 5.92 Å². The van der Waals surface area contributed by atoms with Gasteiger partial charge in [0.05, 0.1) is 5.60 Å². The Morgan fingerprint density at radius 1 is 1.47 bits per heavy atom. The molecule has 0 aliphatic heterocycles. The van der Waals surface area contributed by atoms with Gasteiger partial charge in [0.1, 0.15) is 5.82 Å². The molecule has 0 amide bonds. The SMILES string of the molecule is CC1CC(O)(Cc2cc(F)cc(Br)c2)C1. The van der Waals surface area contributed by atoms with Crippen LogP contribution in [0.25, 0.3) is 0 Å². The molecule has 1 aromatic rings. The van der Waals surface area contributed by atoms with Crippen LogP contribution in [0.15, 0.2) is 22.7 Å². The van der Waals surface area contributed by atoms with E-state index in [0.29, 0.717) is 12.3 Å². The summed E-state index contributed by atoms with van der Waals surface area (Å²) in [5.41, 5.74) is 0.253. The van der Waals surface area contributed by atoms with E-state index in [2.05, 4.69) is 22.9 Å². The second-order valence-electron chi connectivity index (χ2n) is 4.69. The van der Waals surface area contributed by atoms with Crippen LogP contribution >= 0.6 is 15.9 Å². The first-order valence-electron chi connectivity index (χ1n) is 5.14. The van der Waals surface area contributed by atoms with Gasteiger partial charge in [-0.3, -0.25) is 0 Å². The summed E-state index contributed by atoms with van der Waals surface area (Å²) in [6, 6.07) is 4.78. The van der Waals surface area contributed by atoms with Gasteiger partial charge < -0.3 is 5.11 Å². The van der Waals surface area contributed by atoms with Crippen molar-refractivity contribution in [3.8, 4) is 0 Å². The van der Waals surface area contributed by atoms with Gasteiger partial charge in [0, 0.05) is 10.9 Å². The minimum atomic E-state index is -0.605. The van der Waals surface area contributed by atoms with E-state index in [-0.39, 0.29) is 5.82 Å². The molecule has 15 heavy (non-hydrogen) atoms. The summed E-state index contributed by atoms with van der Waals surface area (Å²) >= 11 is 3.25. The van der Waals surface area contributed by atoms with Gasteiger partial charge in [0.15, 0.2) is 0 Å². The van der Waals surface area contributed by atoms with Crippen molar-refractivity contribution in [2.45, 2.75) is 31.8 Å². The Labute approximate surface area is 97.4 Å². The molecule has 0 aromatic heterocycles. The summed E-state index contributed by atoms with van der Waals surface area (Å²) in [6.07, 6.45) is 2.19. The molecule has 0 bridgehead atoms. The molecule has 0 radical (unpaired) electrons. The molecule has 1 aliphatic carbocycles. The van der Waals surface area contributed by atoms with Gasteiger partial charge in [-0.2, -0.15) is 0 Å². The van der Waals surface area contributed by atoms with E-state index >= 15 is 0 Å². The minimum Gasteiger partial charge on any atom is -0.390 e. The van der Waals surface area contributed by atoms with Crippen LogP contribution in [0.5, 0.6) is 0 Å². The fourth-order valence-corrected chi connectivity index (χ4v) is 2.99. The number of hydrogen-bond donors (Lipinski definition) is 1. The van der Waals surface area contributed by atoms with Crippen molar-refractivity contribution in [1.29, 1.82) is 0 Å². The van der Waals surface area contributed by atoms with Crippen LogP contribution < -0.4 is 0 Å². The maximum Gasteiger partial charge on any atom is 0.124 e. The van der Waals surface area contributed by atoms with Gasteiger partial charge in [0.2, 0.25) is 0 Å². The molecule has 0 saturated heterocycles. The van der Waals surface area contributed by atoms with E-state index in [1.54, 1.807) is 0 Å². The maximum atomic E-state index is 13.1. The summed E-state index contributed by atoms with van der Waals surface area (Å²) in [7, 11) is 0. The van der Waals surface area contributed by atoms with Gasteiger partial charge in [0.25, 0.3) is 0 Å². The third-order valence-electron chi connectivity index (χ3n) is 2.91. The normalized spacial score (nSPS) is 30.0. The van der Waals surface area contributed by atoms with Crippen LogP contribution in [0.3, 0.4) is 0 Å². The fourth-order valence-electron chi connectivity index (χ4n) is 2.47. The van der Waals surface area contributed by atoms with E-state index in [4.69, 9.17) is 0 Å².